The predicted octanol–water partition coefficient (Wildman–Crippen LogP) is 2.75. The summed E-state index contributed by atoms with van der Waals surface area (Å²) in [6.07, 6.45) is 0. The Bertz CT molecular complexity index is 283. The third kappa shape index (κ3) is 2.74. The van der Waals surface area contributed by atoms with E-state index in [1.807, 2.05) is 18.2 Å². The summed E-state index contributed by atoms with van der Waals surface area (Å²) in [5.41, 5.74) is 1.21. The molecule has 0 bridgehead atoms. The van der Waals surface area contributed by atoms with Gasteiger partial charge in [0.2, 0.25) is 0 Å². The van der Waals surface area contributed by atoms with Crippen LogP contribution in [0.1, 0.15) is 32.4 Å². The first-order chi connectivity index (χ1) is 6.65. The Labute approximate surface area is 86.3 Å². The van der Waals surface area contributed by atoms with Crippen molar-refractivity contribution < 1.29 is 4.74 Å². The monoisotopic (exact) mass is 193 g/mol. The Morgan fingerprint density at radius 2 is 1.79 bits per heavy atom. The van der Waals surface area contributed by atoms with Crippen molar-refractivity contribution in [2.45, 2.75) is 32.9 Å². The van der Waals surface area contributed by atoms with Crippen molar-refractivity contribution in [3.63, 3.8) is 0 Å². The molecule has 2 nitrogen and oxygen atoms in total. The van der Waals surface area contributed by atoms with Gasteiger partial charge in [0.25, 0.3) is 0 Å². The first-order valence-corrected chi connectivity index (χ1v) is 5.04. The molecule has 0 amide bonds. The van der Waals surface area contributed by atoms with Crippen molar-refractivity contribution in [3.05, 3.63) is 29.8 Å². The third-order valence-corrected chi connectivity index (χ3v) is 2.19. The highest BCUT2D eigenvalue weighted by atomic mass is 16.5. The molecule has 0 heterocycles. The lowest BCUT2D eigenvalue weighted by Gasteiger charge is -2.19. The lowest BCUT2D eigenvalue weighted by molar-refractivity contribution is 0.398. The summed E-state index contributed by atoms with van der Waals surface area (Å²) in [6, 6.07) is 8.93. The molecule has 0 radical (unpaired) electrons. The lowest BCUT2D eigenvalue weighted by atomic mass is 10.1. The number of methoxy groups -OCH3 is 1. The highest BCUT2D eigenvalue weighted by molar-refractivity contribution is 5.35. The number of rotatable bonds is 4. The zero-order valence-corrected chi connectivity index (χ0v) is 9.37. The second-order valence-corrected chi connectivity index (χ2v) is 3.79. The maximum absolute atomic E-state index is 5.31. The highest BCUT2D eigenvalue weighted by Crippen LogP contribution is 2.24. The van der Waals surface area contributed by atoms with Gasteiger partial charge in [-0.05, 0) is 13.0 Å². The van der Waals surface area contributed by atoms with Gasteiger partial charge in [0.1, 0.15) is 5.75 Å². The Balaban J connectivity index is 2.82. The summed E-state index contributed by atoms with van der Waals surface area (Å²) in [4.78, 5) is 0. The molecule has 14 heavy (non-hydrogen) atoms. The molecule has 0 aromatic heterocycles. The first kappa shape index (κ1) is 11.1. The summed E-state index contributed by atoms with van der Waals surface area (Å²) in [5, 5.41) is 3.45. The van der Waals surface area contributed by atoms with Gasteiger partial charge in [-0.15, -0.1) is 0 Å². The summed E-state index contributed by atoms with van der Waals surface area (Å²) >= 11 is 0. The molecule has 2 heteroatoms. The fourth-order valence-electron chi connectivity index (χ4n) is 1.61. The van der Waals surface area contributed by atoms with Gasteiger partial charge in [-0.25, -0.2) is 0 Å². The van der Waals surface area contributed by atoms with Gasteiger partial charge < -0.3 is 10.1 Å². The van der Waals surface area contributed by atoms with Crippen LogP contribution in [0.3, 0.4) is 0 Å². The van der Waals surface area contributed by atoms with Gasteiger partial charge in [-0.3, -0.25) is 0 Å². The quantitative estimate of drug-likeness (QED) is 0.794. The molecule has 0 aliphatic carbocycles. The van der Waals surface area contributed by atoms with Crippen LogP contribution in [-0.4, -0.2) is 13.2 Å². The van der Waals surface area contributed by atoms with E-state index in [-0.39, 0.29) is 0 Å². The molecule has 0 saturated carbocycles. The minimum atomic E-state index is 0.325. The SMILES string of the molecule is COc1ccccc1[C@H](C)NC(C)C. The number of para-hydroxylation sites is 1. The van der Waals surface area contributed by atoms with Gasteiger partial charge >= 0.3 is 0 Å². The van der Waals surface area contributed by atoms with Gasteiger partial charge in [-0.2, -0.15) is 0 Å². The summed E-state index contributed by atoms with van der Waals surface area (Å²) in [5.74, 6) is 0.952. The van der Waals surface area contributed by atoms with E-state index < -0.39 is 0 Å². The van der Waals surface area contributed by atoms with Crippen LogP contribution in [0.4, 0.5) is 0 Å². The fourth-order valence-corrected chi connectivity index (χ4v) is 1.61. The van der Waals surface area contributed by atoms with Gasteiger partial charge in [0.15, 0.2) is 0 Å². The maximum atomic E-state index is 5.31. The zero-order valence-electron chi connectivity index (χ0n) is 9.37. The van der Waals surface area contributed by atoms with Crippen LogP contribution >= 0.6 is 0 Å². The molecule has 0 fully saturated rings. The molecule has 1 atom stereocenters. The van der Waals surface area contributed by atoms with Crippen LogP contribution in [0.25, 0.3) is 0 Å². The Hall–Kier alpha value is -1.02. The fraction of sp³-hybridized carbons (Fsp3) is 0.500. The Kier molecular flexibility index (Phi) is 3.96. The zero-order chi connectivity index (χ0) is 10.6. The van der Waals surface area contributed by atoms with Crippen LogP contribution < -0.4 is 10.1 Å². The predicted molar refractivity (Wildman–Crippen MR) is 59.7 cm³/mol. The Morgan fingerprint density at radius 1 is 1.14 bits per heavy atom. The molecule has 1 N–H and O–H groups in total. The van der Waals surface area contributed by atoms with E-state index in [0.29, 0.717) is 12.1 Å². The molecule has 1 aromatic carbocycles. The van der Waals surface area contributed by atoms with Crippen molar-refractivity contribution in [1.82, 2.24) is 5.32 Å². The van der Waals surface area contributed by atoms with E-state index in [4.69, 9.17) is 4.74 Å². The van der Waals surface area contributed by atoms with Crippen molar-refractivity contribution in [1.29, 1.82) is 0 Å². The average Bonchev–Trinajstić information content (AvgIpc) is 2.16. The number of ether oxygens (including phenoxy) is 1. The second kappa shape index (κ2) is 5.01. The van der Waals surface area contributed by atoms with Crippen molar-refractivity contribution in [3.8, 4) is 5.75 Å². The molecule has 0 unspecified atom stereocenters. The van der Waals surface area contributed by atoms with E-state index in [2.05, 4.69) is 32.2 Å². The summed E-state index contributed by atoms with van der Waals surface area (Å²) in [7, 11) is 1.71. The van der Waals surface area contributed by atoms with Crippen LogP contribution in [0, 0.1) is 0 Å². The van der Waals surface area contributed by atoms with E-state index in [1.54, 1.807) is 7.11 Å². The van der Waals surface area contributed by atoms with Crippen LogP contribution in [0.5, 0.6) is 5.75 Å². The smallest absolute Gasteiger partial charge is 0.123 e. The summed E-state index contributed by atoms with van der Waals surface area (Å²) < 4.78 is 5.31. The second-order valence-electron chi connectivity index (χ2n) is 3.79. The molecule has 0 spiro atoms. The van der Waals surface area contributed by atoms with E-state index in [9.17, 15) is 0 Å². The van der Waals surface area contributed by atoms with Crippen LogP contribution in [0.2, 0.25) is 0 Å². The van der Waals surface area contributed by atoms with Crippen molar-refractivity contribution in [2.75, 3.05) is 7.11 Å². The molecule has 0 aliphatic rings. The largest absolute Gasteiger partial charge is 0.496 e. The minimum Gasteiger partial charge on any atom is -0.496 e. The molecular formula is C12H19NO. The van der Waals surface area contributed by atoms with Crippen LogP contribution in [0.15, 0.2) is 24.3 Å². The Morgan fingerprint density at radius 3 is 2.36 bits per heavy atom. The average molecular weight is 193 g/mol. The van der Waals surface area contributed by atoms with E-state index in [0.717, 1.165) is 5.75 Å². The van der Waals surface area contributed by atoms with E-state index >= 15 is 0 Å². The van der Waals surface area contributed by atoms with Gasteiger partial charge in [0, 0.05) is 17.6 Å². The molecular weight excluding hydrogens is 174 g/mol. The number of hydrogen-bond donors (Lipinski definition) is 1. The molecule has 78 valence electrons. The number of nitrogens with one attached hydrogen (secondary N) is 1. The number of benzene rings is 1. The topological polar surface area (TPSA) is 21.3 Å². The van der Waals surface area contributed by atoms with E-state index in [1.165, 1.54) is 5.56 Å². The third-order valence-electron chi connectivity index (χ3n) is 2.19. The molecule has 1 aromatic rings. The lowest BCUT2D eigenvalue weighted by Crippen LogP contribution is -2.26. The van der Waals surface area contributed by atoms with Crippen molar-refractivity contribution >= 4 is 0 Å². The first-order valence-electron chi connectivity index (χ1n) is 5.04. The van der Waals surface area contributed by atoms with Gasteiger partial charge in [0.05, 0.1) is 7.11 Å². The van der Waals surface area contributed by atoms with Gasteiger partial charge in [-0.1, -0.05) is 32.0 Å². The summed E-state index contributed by atoms with van der Waals surface area (Å²) in [6.45, 7) is 6.44. The maximum Gasteiger partial charge on any atom is 0.123 e. The standard InChI is InChI=1S/C12H19NO/c1-9(2)13-10(3)11-7-5-6-8-12(11)14-4/h5-10,13H,1-4H3/t10-/m0/s1. The molecule has 0 saturated heterocycles. The molecule has 1 rings (SSSR count). The van der Waals surface area contributed by atoms with Crippen LogP contribution in [-0.2, 0) is 0 Å². The van der Waals surface area contributed by atoms with Crippen molar-refractivity contribution in [2.24, 2.45) is 0 Å². The highest BCUT2D eigenvalue weighted by Gasteiger charge is 2.10. The number of hydrogen-bond acceptors (Lipinski definition) is 2. The minimum absolute atomic E-state index is 0.325. The molecule has 0 aliphatic heterocycles. The normalized spacial score (nSPS) is 12.9.